The van der Waals surface area contributed by atoms with Crippen LogP contribution in [0.5, 0.6) is 0 Å². The van der Waals surface area contributed by atoms with E-state index in [4.69, 9.17) is 4.98 Å². The Balaban J connectivity index is 1.65. The van der Waals surface area contributed by atoms with E-state index in [-0.39, 0.29) is 5.91 Å². The Morgan fingerprint density at radius 1 is 0.875 bits per heavy atom. The number of anilines is 1. The van der Waals surface area contributed by atoms with Crippen molar-refractivity contribution in [2.75, 3.05) is 4.90 Å². The van der Waals surface area contributed by atoms with Crippen LogP contribution in [0.15, 0.2) is 91.0 Å². The monoisotopic (exact) mass is 436 g/mol. The van der Waals surface area contributed by atoms with Gasteiger partial charge in [0.2, 0.25) is 0 Å². The number of fused-ring (bicyclic) bond motifs is 2. The third kappa shape index (κ3) is 3.78. The summed E-state index contributed by atoms with van der Waals surface area (Å²) < 4.78 is 1.11. The number of aromatic nitrogens is 1. The second kappa shape index (κ2) is 8.56. The number of carbonyl (C=O) groups is 1. The molecule has 0 saturated heterocycles. The van der Waals surface area contributed by atoms with Gasteiger partial charge in [-0.3, -0.25) is 9.69 Å². The lowest BCUT2D eigenvalue weighted by Crippen LogP contribution is -2.30. The number of carbonyl (C=O) groups excluding carboxylic acids is 1. The lowest BCUT2D eigenvalue weighted by molar-refractivity contribution is 0.0986. The van der Waals surface area contributed by atoms with Crippen LogP contribution in [0.1, 0.15) is 41.3 Å². The summed E-state index contributed by atoms with van der Waals surface area (Å²) in [5.41, 5.74) is 3.97. The van der Waals surface area contributed by atoms with Gasteiger partial charge in [0, 0.05) is 5.56 Å². The quantitative estimate of drug-likeness (QED) is 0.287. The molecule has 1 amide bonds. The third-order valence-corrected chi connectivity index (χ3v) is 6.78. The molecule has 0 saturated carbocycles. The molecule has 0 fully saturated rings. The van der Waals surface area contributed by atoms with Gasteiger partial charge in [0.1, 0.15) is 0 Å². The molecule has 0 aliphatic rings. The molecule has 32 heavy (non-hydrogen) atoms. The van der Waals surface area contributed by atoms with Gasteiger partial charge in [-0.25, -0.2) is 4.98 Å². The fourth-order valence-electron chi connectivity index (χ4n) is 4.09. The molecule has 4 heteroatoms. The smallest absolute Gasteiger partial charge is 0.261 e. The number of hydrogen-bond donors (Lipinski definition) is 0. The number of benzene rings is 4. The molecule has 0 aliphatic carbocycles. The molecule has 1 aromatic heterocycles. The van der Waals surface area contributed by atoms with Gasteiger partial charge in [-0.2, -0.15) is 0 Å². The van der Waals surface area contributed by atoms with Crippen molar-refractivity contribution in [2.45, 2.75) is 26.3 Å². The first-order chi connectivity index (χ1) is 15.6. The minimum absolute atomic E-state index is 0.0317. The second-order valence-electron chi connectivity index (χ2n) is 8.25. The highest BCUT2D eigenvalue weighted by atomic mass is 32.1. The summed E-state index contributed by atoms with van der Waals surface area (Å²) in [4.78, 5) is 20.8. The fourth-order valence-corrected chi connectivity index (χ4v) is 5.09. The lowest BCUT2D eigenvalue weighted by Gasteiger charge is -2.21. The van der Waals surface area contributed by atoms with Crippen molar-refractivity contribution in [3.63, 3.8) is 0 Å². The molecule has 5 rings (SSSR count). The van der Waals surface area contributed by atoms with Crippen LogP contribution in [0.3, 0.4) is 0 Å². The molecule has 0 unspecified atom stereocenters. The Kier molecular flexibility index (Phi) is 5.46. The van der Waals surface area contributed by atoms with Gasteiger partial charge >= 0.3 is 0 Å². The number of hydrogen-bond acceptors (Lipinski definition) is 3. The normalized spacial score (nSPS) is 11.3. The van der Waals surface area contributed by atoms with Crippen LogP contribution in [-0.4, -0.2) is 10.9 Å². The van der Waals surface area contributed by atoms with Crippen molar-refractivity contribution in [3.05, 3.63) is 108 Å². The minimum atomic E-state index is -0.0317. The van der Waals surface area contributed by atoms with Crippen molar-refractivity contribution in [1.82, 2.24) is 4.98 Å². The predicted molar refractivity (Wildman–Crippen MR) is 135 cm³/mol. The molecule has 5 aromatic rings. The zero-order valence-electron chi connectivity index (χ0n) is 18.2. The van der Waals surface area contributed by atoms with E-state index in [9.17, 15) is 4.79 Å². The average molecular weight is 437 g/mol. The maximum Gasteiger partial charge on any atom is 0.261 e. The van der Waals surface area contributed by atoms with E-state index in [1.807, 2.05) is 65.6 Å². The Morgan fingerprint density at radius 2 is 1.59 bits per heavy atom. The van der Waals surface area contributed by atoms with Gasteiger partial charge in [0.05, 0.1) is 16.8 Å². The van der Waals surface area contributed by atoms with Crippen LogP contribution in [0.25, 0.3) is 21.0 Å². The standard InChI is InChI=1S/C28H24N2OS/c1-19(2)22-15-9-17-25-26(22)29-28(32-25)30(18-20-10-4-3-5-11-20)27(31)24-16-8-13-21-12-6-7-14-23(21)24/h3-17,19H,18H2,1-2H3. The topological polar surface area (TPSA) is 33.2 Å². The number of amides is 1. The molecule has 158 valence electrons. The number of thiazole rings is 1. The lowest BCUT2D eigenvalue weighted by atomic mass is 10.0. The van der Waals surface area contributed by atoms with Gasteiger partial charge in [-0.05, 0) is 39.9 Å². The Labute approximate surface area is 192 Å². The third-order valence-electron chi connectivity index (χ3n) is 5.74. The highest BCUT2D eigenvalue weighted by molar-refractivity contribution is 7.22. The molecule has 0 N–H and O–H groups in total. The maximum atomic E-state index is 14.0. The van der Waals surface area contributed by atoms with Crippen LogP contribution in [0, 0.1) is 0 Å². The summed E-state index contributed by atoms with van der Waals surface area (Å²) in [5.74, 6) is 0.334. The first-order valence-electron chi connectivity index (χ1n) is 10.8. The Morgan fingerprint density at radius 3 is 2.41 bits per heavy atom. The summed E-state index contributed by atoms with van der Waals surface area (Å²) in [6.45, 7) is 4.83. The van der Waals surface area contributed by atoms with E-state index >= 15 is 0 Å². The fraction of sp³-hybridized carbons (Fsp3) is 0.143. The van der Waals surface area contributed by atoms with E-state index in [0.29, 0.717) is 18.0 Å². The first-order valence-corrected chi connectivity index (χ1v) is 11.7. The second-order valence-corrected chi connectivity index (χ2v) is 9.26. The average Bonchev–Trinajstić information content (AvgIpc) is 3.26. The van der Waals surface area contributed by atoms with Gasteiger partial charge in [-0.15, -0.1) is 0 Å². The van der Waals surface area contributed by atoms with E-state index in [2.05, 4.69) is 44.2 Å². The van der Waals surface area contributed by atoms with Crippen LogP contribution >= 0.6 is 11.3 Å². The molecule has 0 atom stereocenters. The Hall–Kier alpha value is -3.50. The Bertz CT molecular complexity index is 1400. The van der Waals surface area contributed by atoms with E-state index in [1.54, 1.807) is 11.3 Å². The molecule has 1 heterocycles. The minimum Gasteiger partial charge on any atom is -0.279 e. The molecule has 0 aliphatic heterocycles. The largest absolute Gasteiger partial charge is 0.279 e. The highest BCUT2D eigenvalue weighted by Crippen LogP contribution is 2.35. The highest BCUT2D eigenvalue weighted by Gasteiger charge is 2.24. The zero-order valence-corrected chi connectivity index (χ0v) is 19.0. The van der Waals surface area contributed by atoms with Crippen molar-refractivity contribution < 1.29 is 4.79 Å². The van der Waals surface area contributed by atoms with Crippen molar-refractivity contribution >= 4 is 43.4 Å². The summed E-state index contributed by atoms with van der Waals surface area (Å²) in [6, 6.07) is 30.3. The van der Waals surface area contributed by atoms with Crippen LogP contribution in [0.4, 0.5) is 5.13 Å². The van der Waals surface area contributed by atoms with E-state index < -0.39 is 0 Å². The molecule has 0 spiro atoms. The zero-order chi connectivity index (χ0) is 22.1. The van der Waals surface area contributed by atoms with Crippen LogP contribution < -0.4 is 4.90 Å². The summed E-state index contributed by atoms with van der Waals surface area (Å²) in [5, 5.41) is 2.75. The maximum absolute atomic E-state index is 14.0. The predicted octanol–water partition coefficient (Wildman–Crippen LogP) is 7.42. The van der Waals surface area contributed by atoms with Gasteiger partial charge < -0.3 is 0 Å². The van der Waals surface area contributed by atoms with E-state index in [1.165, 1.54) is 5.56 Å². The number of nitrogens with zero attached hydrogens (tertiary/aromatic N) is 2. The van der Waals surface area contributed by atoms with Gasteiger partial charge in [-0.1, -0.05) is 104 Å². The number of para-hydroxylation sites is 1. The van der Waals surface area contributed by atoms with Crippen LogP contribution in [-0.2, 0) is 6.54 Å². The van der Waals surface area contributed by atoms with Gasteiger partial charge in [0.25, 0.3) is 5.91 Å². The molecule has 0 bridgehead atoms. The summed E-state index contributed by atoms with van der Waals surface area (Å²) in [7, 11) is 0. The molecule has 0 radical (unpaired) electrons. The van der Waals surface area contributed by atoms with Gasteiger partial charge in [0.15, 0.2) is 5.13 Å². The van der Waals surface area contributed by atoms with Crippen molar-refractivity contribution in [2.24, 2.45) is 0 Å². The van der Waals surface area contributed by atoms with Crippen molar-refractivity contribution in [3.8, 4) is 0 Å². The van der Waals surface area contributed by atoms with Crippen molar-refractivity contribution in [1.29, 1.82) is 0 Å². The van der Waals surface area contributed by atoms with E-state index in [0.717, 1.165) is 31.7 Å². The first kappa shape index (κ1) is 20.4. The molecule has 3 nitrogen and oxygen atoms in total. The van der Waals surface area contributed by atoms with Crippen LogP contribution in [0.2, 0.25) is 0 Å². The summed E-state index contributed by atoms with van der Waals surface area (Å²) in [6.07, 6.45) is 0. The molecular formula is C28H24N2OS. The SMILES string of the molecule is CC(C)c1cccc2sc(N(Cc3ccccc3)C(=O)c3cccc4ccccc34)nc12. The summed E-state index contributed by atoms with van der Waals surface area (Å²) >= 11 is 1.58. The molecular weight excluding hydrogens is 412 g/mol. The number of rotatable bonds is 5. The molecule has 4 aromatic carbocycles.